The van der Waals surface area contributed by atoms with Crippen molar-refractivity contribution in [1.29, 1.82) is 0 Å². The van der Waals surface area contributed by atoms with Crippen LogP contribution in [0.2, 0.25) is 0 Å². The molecule has 0 unspecified atom stereocenters. The molecule has 0 spiro atoms. The number of urea groups is 1. The lowest BCUT2D eigenvalue weighted by Crippen LogP contribution is -2.53. The molecular weight excluding hydrogens is 454 g/mol. The minimum Gasteiger partial charge on any atom is -0.466 e. The molecule has 2 saturated heterocycles. The molecule has 4 amide bonds. The van der Waals surface area contributed by atoms with Crippen molar-refractivity contribution >= 4 is 41.4 Å². The zero-order valence-corrected chi connectivity index (χ0v) is 20.1. The lowest BCUT2D eigenvalue weighted by atomic mass is 9.96. The lowest BCUT2D eigenvalue weighted by Gasteiger charge is -2.33. The summed E-state index contributed by atoms with van der Waals surface area (Å²) >= 11 is 0. The number of aryl methyl sites for hydroxylation is 1. The molecule has 0 aliphatic carbocycles. The number of aromatic nitrogens is 2. The number of ether oxygens (including phenoxy) is 1. The summed E-state index contributed by atoms with van der Waals surface area (Å²) in [5.41, 5.74) is 0.546. The molecule has 2 fully saturated rings. The third-order valence-electron chi connectivity index (χ3n) is 6.41. The zero-order valence-electron chi connectivity index (χ0n) is 20.1. The van der Waals surface area contributed by atoms with Crippen LogP contribution >= 0.6 is 0 Å². The van der Waals surface area contributed by atoms with Gasteiger partial charge in [0, 0.05) is 33.4 Å². The van der Waals surface area contributed by atoms with Crippen LogP contribution in [0, 0.1) is 12.8 Å². The molecule has 0 saturated carbocycles. The SMILES string of the molecule is CCOC(=O)C1CCN(c2nc3c(C)cccn3c(=O)c2C=C2C(=O)N(C)C(=O)N(C)C2=O)CC1. The Morgan fingerprint density at radius 3 is 2.34 bits per heavy atom. The number of esters is 1. The van der Waals surface area contributed by atoms with E-state index in [-0.39, 0.29) is 23.0 Å². The van der Waals surface area contributed by atoms with Crippen molar-refractivity contribution in [3.8, 4) is 0 Å². The fourth-order valence-corrected chi connectivity index (χ4v) is 4.37. The van der Waals surface area contributed by atoms with Crippen LogP contribution in [0.1, 0.15) is 30.9 Å². The van der Waals surface area contributed by atoms with Gasteiger partial charge in [-0.3, -0.25) is 33.4 Å². The van der Waals surface area contributed by atoms with E-state index in [0.29, 0.717) is 44.0 Å². The van der Waals surface area contributed by atoms with Crippen molar-refractivity contribution in [2.75, 3.05) is 38.7 Å². The van der Waals surface area contributed by atoms with Crippen molar-refractivity contribution < 1.29 is 23.9 Å². The highest BCUT2D eigenvalue weighted by Crippen LogP contribution is 2.27. The van der Waals surface area contributed by atoms with Gasteiger partial charge in [-0.2, -0.15) is 0 Å². The molecule has 11 heteroatoms. The van der Waals surface area contributed by atoms with Crippen LogP contribution in [0.15, 0.2) is 28.7 Å². The summed E-state index contributed by atoms with van der Waals surface area (Å²) in [5, 5.41) is 0. The maximum atomic E-state index is 13.6. The number of amides is 4. The van der Waals surface area contributed by atoms with E-state index in [9.17, 15) is 24.0 Å². The smallest absolute Gasteiger partial charge is 0.333 e. The molecule has 0 bridgehead atoms. The minimum absolute atomic E-state index is 0.0653. The zero-order chi connectivity index (χ0) is 25.4. The number of anilines is 1. The summed E-state index contributed by atoms with van der Waals surface area (Å²) in [6.07, 6.45) is 3.83. The van der Waals surface area contributed by atoms with Gasteiger partial charge >= 0.3 is 12.0 Å². The summed E-state index contributed by atoms with van der Waals surface area (Å²) in [5.74, 6) is -1.75. The molecule has 2 aromatic rings. The number of carbonyl (C=O) groups excluding carboxylic acids is 4. The summed E-state index contributed by atoms with van der Waals surface area (Å²) in [6.45, 7) is 4.79. The maximum Gasteiger partial charge on any atom is 0.333 e. The Balaban J connectivity index is 1.83. The number of likely N-dealkylation sites (N-methyl/N-ethyl adjacent to an activating group) is 2. The van der Waals surface area contributed by atoms with Crippen LogP contribution in [0.4, 0.5) is 10.6 Å². The number of rotatable bonds is 4. The molecule has 4 heterocycles. The van der Waals surface area contributed by atoms with Gasteiger partial charge in [-0.15, -0.1) is 0 Å². The molecule has 11 nitrogen and oxygen atoms in total. The first-order valence-electron chi connectivity index (χ1n) is 11.4. The number of fused-ring (bicyclic) bond motifs is 1. The first-order valence-corrected chi connectivity index (χ1v) is 11.4. The van der Waals surface area contributed by atoms with Crippen molar-refractivity contribution in [3.05, 3.63) is 45.4 Å². The Morgan fingerprint density at radius 2 is 1.74 bits per heavy atom. The van der Waals surface area contributed by atoms with Crippen molar-refractivity contribution in [2.45, 2.75) is 26.7 Å². The largest absolute Gasteiger partial charge is 0.466 e. The van der Waals surface area contributed by atoms with Crippen LogP contribution in [0.3, 0.4) is 0 Å². The first kappa shape index (κ1) is 24.1. The second-order valence-corrected chi connectivity index (χ2v) is 8.62. The molecular formula is C24H27N5O6. The van der Waals surface area contributed by atoms with E-state index < -0.39 is 23.4 Å². The Morgan fingerprint density at radius 1 is 1.11 bits per heavy atom. The van der Waals surface area contributed by atoms with Crippen LogP contribution < -0.4 is 10.5 Å². The van der Waals surface area contributed by atoms with Gasteiger partial charge in [-0.1, -0.05) is 6.07 Å². The van der Waals surface area contributed by atoms with Gasteiger partial charge in [0.05, 0.1) is 18.1 Å². The number of pyridine rings is 1. The fraction of sp³-hybridized carbons (Fsp3) is 0.417. The Hall–Kier alpha value is -4.02. The highest BCUT2D eigenvalue weighted by Gasteiger charge is 2.38. The van der Waals surface area contributed by atoms with Crippen molar-refractivity contribution in [2.24, 2.45) is 5.92 Å². The second-order valence-electron chi connectivity index (χ2n) is 8.62. The number of hydrogen-bond donors (Lipinski definition) is 0. The van der Waals surface area contributed by atoms with Crippen molar-refractivity contribution in [1.82, 2.24) is 19.2 Å². The molecule has 2 aliphatic rings. The Bertz CT molecular complexity index is 1300. The molecule has 35 heavy (non-hydrogen) atoms. The fourth-order valence-electron chi connectivity index (χ4n) is 4.37. The van der Waals surface area contributed by atoms with Gasteiger partial charge in [0.2, 0.25) is 0 Å². The highest BCUT2D eigenvalue weighted by atomic mass is 16.5. The van der Waals surface area contributed by atoms with Gasteiger partial charge in [0.1, 0.15) is 17.0 Å². The summed E-state index contributed by atoms with van der Waals surface area (Å²) in [7, 11) is 2.55. The molecule has 0 N–H and O–H groups in total. The molecule has 184 valence electrons. The topological polar surface area (TPSA) is 122 Å². The third kappa shape index (κ3) is 4.17. The number of imide groups is 2. The van der Waals surface area contributed by atoms with Gasteiger partial charge in [0.15, 0.2) is 0 Å². The van der Waals surface area contributed by atoms with Crippen LogP contribution in [-0.4, -0.2) is 76.8 Å². The number of hydrogen-bond acceptors (Lipinski definition) is 8. The standard InChI is InChI=1S/C24H27N5O6/c1-5-35-23(33)15-8-11-28(12-9-15)19-16(22(32)29-10-6-7-14(2)18(29)25-19)13-17-20(30)26(3)24(34)27(4)21(17)31/h6-7,10,13,15H,5,8-9,11-12H2,1-4H3. The molecule has 0 aromatic carbocycles. The van der Waals surface area contributed by atoms with Crippen LogP contribution in [-0.2, 0) is 19.1 Å². The summed E-state index contributed by atoms with van der Waals surface area (Å²) in [6, 6.07) is 2.80. The lowest BCUT2D eigenvalue weighted by molar-refractivity contribution is -0.148. The maximum absolute atomic E-state index is 13.6. The second kappa shape index (κ2) is 9.32. The van der Waals surface area contributed by atoms with E-state index >= 15 is 0 Å². The van der Waals surface area contributed by atoms with E-state index in [1.807, 2.05) is 17.9 Å². The summed E-state index contributed by atoms with van der Waals surface area (Å²) < 4.78 is 6.51. The predicted molar refractivity (Wildman–Crippen MR) is 127 cm³/mol. The number of carbonyl (C=O) groups is 4. The van der Waals surface area contributed by atoms with Crippen molar-refractivity contribution in [3.63, 3.8) is 0 Å². The van der Waals surface area contributed by atoms with E-state index in [4.69, 9.17) is 9.72 Å². The average molecular weight is 482 g/mol. The summed E-state index contributed by atoms with van der Waals surface area (Å²) in [4.78, 5) is 71.7. The monoisotopic (exact) mass is 481 g/mol. The van der Waals surface area contributed by atoms with E-state index in [2.05, 4.69) is 0 Å². The number of barbiturate groups is 1. The third-order valence-corrected chi connectivity index (χ3v) is 6.41. The van der Waals surface area contributed by atoms with Gasteiger partial charge < -0.3 is 9.64 Å². The normalized spacial score (nSPS) is 17.4. The Kier molecular flexibility index (Phi) is 6.42. The predicted octanol–water partition coefficient (Wildman–Crippen LogP) is 1.22. The van der Waals surface area contributed by atoms with Crippen LogP contribution in [0.25, 0.3) is 11.7 Å². The van der Waals surface area contributed by atoms with E-state index in [0.717, 1.165) is 15.4 Å². The van der Waals surface area contributed by atoms with Gasteiger partial charge in [-0.05, 0) is 44.4 Å². The molecule has 2 aromatic heterocycles. The minimum atomic E-state index is -0.793. The molecule has 0 atom stereocenters. The molecule has 2 aliphatic heterocycles. The highest BCUT2D eigenvalue weighted by molar-refractivity contribution is 6.30. The van der Waals surface area contributed by atoms with Gasteiger partial charge in [-0.25, -0.2) is 9.78 Å². The van der Waals surface area contributed by atoms with Crippen LogP contribution in [0.5, 0.6) is 0 Å². The first-order chi connectivity index (χ1) is 16.6. The van der Waals surface area contributed by atoms with E-state index in [1.54, 1.807) is 19.2 Å². The van der Waals surface area contributed by atoms with Gasteiger partial charge in [0.25, 0.3) is 17.4 Å². The number of nitrogens with zero attached hydrogens (tertiary/aromatic N) is 5. The Labute approximate surface area is 201 Å². The quantitative estimate of drug-likeness (QED) is 0.363. The number of piperidine rings is 1. The van der Waals surface area contributed by atoms with E-state index in [1.165, 1.54) is 24.6 Å². The molecule has 0 radical (unpaired) electrons. The average Bonchev–Trinajstić information content (AvgIpc) is 2.86. The molecule has 4 rings (SSSR count).